The first-order valence-corrected chi connectivity index (χ1v) is 7.40. The molecule has 0 unspecified atom stereocenters. The average molecular weight is 325 g/mol. The first kappa shape index (κ1) is 15.7. The summed E-state index contributed by atoms with van der Waals surface area (Å²) in [5.41, 5.74) is 7.32. The quantitative estimate of drug-likeness (QED) is 0.439. The third-order valence-electron chi connectivity index (χ3n) is 3.38. The highest BCUT2D eigenvalue weighted by Crippen LogP contribution is 2.24. The molecule has 0 amide bonds. The largest absolute Gasteiger partial charge is 0.437 e. The number of hydrogen-bond donors (Lipinski definition) is 1. The standard InChI is InChI=1S/C18H16FN3O2/c1-12(24-22-17(20)14-7-9-15(19)10-8-14)18-21-11-16(23-18)13-5-3-2-4-6-13/h2-12H,1H3,(H2,20,22)/t12-/m0/s1. The van der Waals surface area contributed by atoms with Crippen molar-refractivity contribution in [2.75, 3.05) is 0 Å². The number of halogens is 1. The molecule has 0 saturated heterocycles. The van der Waals surface area contributed by atoms with E-state index in [9.17, 15) is 4.39 Å². The molecule has 0 bridgehead atoms. The van der Waals surface area contributed by atoms with Crippen molar-refractivity contribution in [3.63, 3.8) is 0 Å². The molecule has 122 valence electrons. The Balaban J connectivity index is 1.69. The van der Waals surface area contributed by atoms with Crippen LogP contribution in [-0.2, 0) is 4.84 Å². The van der Waals surface area contributed by atoms with E-state index in [4.69, 9.17) is 15.0 Å². The summed E-state index contributed by atoms with van der Waals surface area (Å²) in [7, 11) is 0. The van der Waals surface area contributed by atoms with Gasteiger partial charge in [-0.05, 0) is 31.2 Å². The number of nitrogens with zero attached hydrogens (tertiary/aromatic N) is 2. The van der Waals surface area contributed by atoms with Crippen LogP contribution in [0.1, 0.15) is 24.5 Å². The normalized spacial score (nSPS) is 12.8. The SMILES string of the molecule is C[C@H](O/N=C(\N)c1ccc(F)cc1)c1ncc(-c2ccccc2)o1. The molecule has 0 aliphatic rings. The van der Waals surface area contributed by atoms with Crippen molar-refractivity contribution in [3.05, 3.63) is 78.1 Å². The van der Waals surface area contributed by atoms with Crippen LogP contribution in [0.4, 0.5) is 4.39 Å². The van der Waals surface area contributed by atoms with E-state index in [1.54, 1.807) is 13.1 Å². The van der Waals surface area contributed by atoms with E-state index in [-0.39, 0.29) is 11.7 Å². The smallest absolute Gasteiger partial charge is 0.238 e. The Morgan fingerprint density at radius 2 is 1.88 bits per heavy atom. The summed E-state index contributed by atoms with van der Waals surface area (Å²) in [5.74, 6) is 0.854. The van der Waals surface area contributed by atoms with E-state index in [0.29, 0.717) is 17.2 Å². The third kappa shape index (κ3) is 3.60. The molecule has 1 aromatic heterocycles. The van der Waals surface area contributed by atoms with Gasteiger partial charge in [0.15, 0.2) is 17.7 Å². The number of benzene rings is 2. The highest BCUT2D eigenvalue weighted by Gasteiger charge is 2.15. The van der Waals surface area contributed by atoms with Gasteiger partial charge in [0.05, 0.1) is 6.20 Å². The van der Waals surface area contributed by atoms with Gasteiger partial charge in [0, 0.05) is 11.1 Å². The van der Waals surface area contributed by atoms with Gasteiger partial charge in [-0.2, -0.15) is 0 Å². The van der Waals surface area contributed by atoms with E-state index >= 15 is 0 Å². The van der Waals surface area contributed by atoms with Gasteiger partial charge in [-0.3, -0.25) is 0 Å². The lowest BCUT2D eigenvalue weighted by Gasteiger charge is -2.07. The lowest BCUT2D eigenvalue weighted by molar-refractivity contribution is 0.0528. The Kier molecular flexibility index (Phi) is 4.56. The summed E-state index contributed by atoms with van der Waals surface area (Å²) in [6.45, 7) is 1.75. The van der Waals surface area contributed by atoms with Crippen molar-refractivity contribution < 1.29 is 13.6 Å². The van der Waals surface area contributed by atoms with Gasteiger partial charge in [0.2, 0.25) is 5.89 Å². The number of rotatable bonds is 5. The van der Waals surface area contributed by atoms with Gasteiger partial charge in [0.1, 0.15) is 5.82 Å². The molecule has 2 aromatic carbocycles. The molecule has 2 N–H and O–H groups in total. The molecule has 0 aliphatic heterocycles. The first-order valence-electron chi connectivity index (χ1n) is 7.40. The molecule has 0 saturated carbocycles. The predicted octanol–water partition coefficient (Wildman–Crippen LogP) is 3.88. The second-order valence-electron chi connectivity index (χ2n) is 5.16. The molecule has 3 rings (SSSR count). The maximum Gasteiger partial charge on any atom is 0.238 e. The van der Waals surface area contributed by atoms with E-state index in [0.717, 1.165) is 5.56 Å². The molecule has 5 nitrogen and oxygen atoms in total. The average Bonchev–Trinajstić information content (AvgIpc) is 3.11. The zero-order valence-corrected chi connectivity index (χ0v) is 13.0. The molecule has 6 heteroatoms. The summed E-state index contributed by atoms with van der Waals surface area (Å²) in [6.07, 6.45) is 1.12. The van der Waals surface area contributed by atoms with Crippen LogP contribution in [0, 0.1) is 5.82 Å². The Morgan fingerprint density at radius 1 is 1.17 bits per heavy atom. The van der Waals surface area contributed by atoms with E-state index in [2.05, 4.69) is 10.1 Å². The van der Waals surface area contributed by atoms with Crippen molar-refractivity contribution in [2.24, 2.45) is 10.9 Å². The summed E-state index contributed by atoms with van der Waals surface area (Å²) in [5, 5.41) is 3.85. The van der Waals surface area contributed by atoms with Crippen molar-refractivity contribution >= 4 is 5.84 Å². The molecule has 0 fully saturated rings. The van der Waals surface area contributed by atoms with Gasteiger partial charge in [-0.25, -0.2) is 9.37 Å². The highest BCUT2D eigenvalue weighted by molar-refractivity contribution is 5.96. The number of oxazole rings is 1. The van der Waals surface area contributed by atoms with Crippen LogP contribution in [-0.4, -0.2) is 10.8 Å². The second kappa shape index (κ2) is 6.95. The lowest BCUT2D eigenvalue weighted by atomic mass is 10.2. The summed E-state index contributed by atoms with van der Waals surface area (Å²) in [4.78, 5) is 9.54. The second-order valence-corrected chi connectivity index (χ2v) is 5.16. The van der Waals surface area contributed by atoms with E-state index in [1.165, 1.54) is 24.3 Å². The summed E-state index contributed by atoms with van der Waals surface area (Å²) in [6, 6.07) is 15.3. The van der Waals surface area contributed by atoms with Crippen LogP contribution >= 0.6 is 0 Å². The molecule has 0 radical (unpaired) electrons. The molecular formula is C18H16FN3O2. The van der Waals surface area contributed by atoms with Crippen LogP contribution in [0.15, 0.2) is 70.4 Å². The number of hydrogen-bond acceptors (Lipinski definition) is 4. The number of nitrogens with two attached hydrogens (primary N) is 1. The molecule has 1 atom stereocenters. The number of aromatic nitrogens is 1. The molecule has 3 aromatic rings. The monoisotopic (exact) mass is 325 g/mol. The predicted molar refractivity (Wildman–Crippen MR) is 88.6 cm³/mol. The van der Waals surface area contributed by atoms with Crippen molar-refractivity contribution in [3.8, 4) is 11.3 Å². The molecule has 24 heavy (non-hydrogen) atoms. The van der Waals surface area contributed by atoms with E-state index < -0.39 is 6.10 Å². The van der Waals surface area contributed by atoms with Crippen LogP contribution < -0.4 is 5.73 Å². The van der Waals surface area contributed by atoms with Gasteiger partial charge < -0.3 is 15.0 Å². The van der Waals surface area contributed by atoms with E-state index in [1.807, 2.05) is 30.3 Å². The Bertz CT molecular complexity index is 829. The minimum Gasteiger partial charge on any atom is -0.437 e. The molecule has 0 spiro atoms. The summed E-state index contributed by atoms with van der Waals surface area (Å²) >= 11 is 0. The zero-order valence-electron chi connectivity index (χ0n) is 13.0. The van der Waals surface area contributed by atoms with Crippen molar-refractivity contribution in [1.29, 1.82) is 0 Å². The first-order chi connectivity index (χ1) is 11.6. The van der Waals surface area contributed by atoms with Gasteiger partial charge in [0.25, 0.3) is 0 Å². The fourth-order valence-electron chi connectivity index (χ4n) is 2.07. The Hall–Kier alpha value is -3.15. The maximum atomic E-state index is 12.9. The van der Waals surface area contributed by atoms with Crippen LogP contribution in [0.25, 0.3) is 11.3 Å². The minimum atomic E-state index is -0.513. The van der Waals surface area contributed by atoms with Gasteiger partial charge in [-0.1, -0.05) is 35.5 Å². The van der Waals surface area contributed by atoms with Crippen LogP contribution in [0.3, 0.4) is 0 Å². The zero-order chi connectivity index (χ0) is 16.9. The topological polar surface area (TPSA) is 73.6 Å². The maximum absolute atomic E-state index is 12.9. The van der Waals surface area contributed by atoms with Crippen LogP contribution in [0.5, 0.6) is 0 Å². The van der Waals surface area contributed by atoms with Crippen molar-refractivity contribution in [2.45, 2.75) is 13.0 Å². The minimum absolute atomic E-state index is 0.150. The number of amidine groups is 1. The fourth-order valence-corrected chi connectivity index (χ4v) is 2.07. The summed E-state index contributed by atoms with van der Waals surface area (Å²) < 4.78 is 18.6. The Morgan fingerprint density at radius 3 is 2.58 bits per heavy atom. The van der Waals surface area contributed by atoms with Gasteiger partial charge >= 0.3 is 0 Å². The van der Waals surface area contributed by atoms with Crippen LogP contribution in [0.2, 0.25) is 0 Å². The van der Waals surface area contributed by atoms with Crippen molar-refractivity contribution in [1.82, 2.24) is 4.98 Å². The molecule has 1 heterocycles. The third-order valence-corrected chi connectivity index (χ3v) is 3.38. The molecular weight excluding hydrogens is 309 g/mol. The van der Waals surface area contributed by atoms with Gasteiger partial charge in [-0.15, -0.1) is 0 Å². The molecule has 0 aliphatic carbocycles. The number of oxime groups is 1. The lowest BCUT2D eigenvalue weighted by Crippen LogP contribution is -2.14. The fraction of sp³-hybridized carbons (Fsp3) is 0.111. The highest BCUT2D eigenvalue weighted by atomic mass is 19.1. The Labute approximate surface area is 138 Å².